The Bertz CT molecular complexity index is 433. The van der Waals surface area contributed by atoms with Crippen molar-refractivity contribution in [2.75, 3.05) is 5.73 Å². The molecular formula is C8H8FN3. The molecule has 0 aliphatic carbocycles. The molecule has 2 N–H and O–H groups in total. The first-order valence-electron chi connectivity index (χ1n) is 3.57. The smallest absolute Gasteiger partial charge is 0.151 e. The summed E-state index contributed by atoms with van der Waals surface area (Å²) in [4.78, 5) is 0. The van der Waals surface area contributed by atoms with Crippen LogP contribution in [0.3, 0.4) is 0 Å². The van der Waals surface area contributed by atoms with Crippen molar-refractivity contribution in [2.24, 2.45) is 7.05 Å². The number of fused-ring (bicyclic) bond motifs is 1. The molecule has 0 bridgehead atoms. The summed E-state index contributed by atoms with van der Waals surface area (Å²) in [5.41, 5.74) is 5.97. The molecule has 0 saturated heterocycles. The number of hydrogen-bond donors (Lipinski definition) is 1. The maximum atomic E-state index is 13.0. The predicted molar refractivity (Wildman–Crippen MR) is 45.1 cm³/mol. The average molecular weight is 165 g/mol. The minimum Gasteiger partial charge on any atom is -0.383 e. The minimum atomic E-state index is -0.334. The zero-order valence-corrected chi connectivity index (χ0v) is 6.58. The lowest BCUT2D eigenvalue weighted by molar-refractivity contribution is 0.633. The Morgan fingerprint density at radius 2 is 2.25 bits per heavy atom. The molecule has 0 aliphatic heterocycles. The van der Waals surface area contributed by atoms with Crippen molar-refractivity contribution in [2.45, 2.75) is 0 Å². The topological polar surface area (TPSA) is 43.8 Å². The molecule has 1 heterocycles. The first kappa shape index (κ1) is 7.09. The van der Waals surface area contributed by atoms with E-state index in [0.717, 1.165) is 0 Å². The predicted octanol–water partition coefficient (Wildman–Crippen LogP) is 1.29. The molecule has 4 heteroatoms. The Labute approximate surface area is 68.6 Å². The number of rotatable bonds is 0. The highest BCUT2D eigenvalue weighted by atomic mass is 19.1. The van der Waals surface area contributed by atoms with Crippen molar-refractivity contribution in [1.82, 2.24) is 9.78 Å². The van der Waals surface area contributed by atoms with Crippen LogP contribution in [0.15, 0.2) is 18.2 Å². The molecule has 0 unspecified atom stereocenters. The van der Waals surface area contributed by atoms with Gasteiger partial charge in [0.05, 0.1) is 0 Å². The van der Waals surface area contributed by atoms with Crippen LogP contribution < -0.4 is 5.73 Å². The van der Waals surface area contributed by atoms with Crippen LogP contribution in [0.1, 0.15) is 0 Å². The highest BCUT2D eigenvalue weighted by Crippen LogP contribution is 2.21. The van der Waals surface area contributed by atoms with Gasteiger partial charge in [0, 0.05) is 12.4 Å². The number of nitrogens with zero attached hydrogens (tertiary/aromatic N) is 2. The summed E-state index contributed by atoms with van der Waals surface area (Å²) in [5.74, 6) is 0.157. The summed E-state index contributed by atoms with van der Waals surface area (Å²) in [6, 6.07) is 4.74. The zero-order valence-electron chi connectivity index (χ0n) is 6.58. The van der Waals surface area contributed by atoms with Crippen LogP contribution in [-0.2, 0) is 7.05 Å². The third-order valence-corrected chi connectivity index (χ3v) is 1.86. The van der Waals surface area contributed by atoms with Crippen molar-refractivity contribution >= 4 is 16.7 Å². The van der Waals surface area contributed by atoms with Crippen LogP contribution in [0.4, 0.5) is 10.2 Å². The second-order valence-electron chi connectivity index (χ2n) is 2.64. The standard InChI is InChI=1S/C8H8FN3/c1-12-8(10)5-3-2-4-6(9)7(5)11-12/h2-4H,10H2,1H3. The number of aryl methyl sites for hydroxylation is 1. The monoisotopic (exact) mass is 165 g/mol. The molecular weight excluding hydrogens is 157 g/mol. The zero-order chi connectivity index (χ0) is 8.72. The molecule has 0 spiro atoms. The maximum absolute atomic E-state index is 13.0. The quantitative estimate of drug-likeness (QED) is 0.639. The molecule has 2 rings (SSSR count). The minimum absolute atomic E-state index is 0.331. The fourth-order valence-corrected chi connectivity index (χ4v) is 1.20. The van der Waals surface area contributed by atoms with Crippen LogP contribution >= 0.6 is 0 Å². The van der Waals surface area contributed by atoms with E-state index in [1.54, 1.807) is 19.2 Å². The summed E-state index contributed by atoms with van der Waals surface area (Å²) in [7, 11) is 1.69. The van der Waals surface area contributed by atoms with Crippen molar-refractivity contribution < 1.29 is 4.39 Å². The fourth-order valence-electron chi connectivity index (χ4n) is 1.20. The Hall–Kier alpha value is -1.58. The Morgan fingerprint density at radius 3 is 2.92 bits per heavy atom. The third kappa shape index (κ3) is 0.777. The molecule has 2 aromatic rings. The number of halogens is 1. The van der Waals surface area contributed by atoms with Crippen LogP contribution in [0.5, 0.6) is 0 Å². The van der Waals surface area contributed by atoms with E-state index in [1.807, 2.05) is 0 Å². The van der Waals surface area contributed by atoms with Crippen LogP contribution in [0, 0.1) is 5.82 Å². The van der Waals surface area contributed by atoms with E-state index in [2.05, 4.69) is 5.10 Å². The summed E-state index contributed by atoms with van der Waals surface area (Å²) < 4.78 is 14.5. The van der Waals surface area contributed by atoms with Gasteiger partial charge in [-0.25, -0.2) is 4.39 Å². The van der Waals surface area contributed by atoms with Gasteiger partial charge in [0.1, 0.15) is 11.3 Å². The summed E-state index contributed by atoms with van der Waals surface area (Å²) in [5, 5.41) is 4.59. The molecule has 0 radical (unpaired) electrons. The second-order valence-corrected chi connectivity index (χ2v) is 2.64. The number of anilines is 1. The van der Waals surface area contributed by atoms with E-state index >= 15 is 0 Å². The Balaban J connectivity index is 2.95. The Kier molecular flexibility index (Phi) is 1.30. The molecule has 62 valence electrons. The third-order valence-electron chi connectivity index (χ3n) is 1.86. The first-order valence-corrected chi connectivity index (χ1v) is 3.57. The molecule has 12 heavy (non-hydrogen) atoms. The van der Waals surface area contributed by atoms with Gasteiger partial charge in [0.15, 0.2) is 5.82 Å². The van der Waals surface area contributed by atoms with Crippen LogP contribution in [-0.4, -0.2) is 9.78 Å². The van der Waals surface area contributed by atoms with Crippen molar-refractivity contribution in [1.29, 1.82) is 0 Å². The molecule has 1 aromatic heterocycles. The second kappa shape index (κ2) is 2.20. The van der Waals surface area contributed by atoms with Gasteiger partial charge in [0.25, 0.3) is 0 Å². The molecule has 0 saturated carbocycles. The van der Waals surface area contributed by atoms with Gasteiger partial charge in [-0.05, 0) is 12.1 Å². The summed E-state index contributed by atoms with van der Waals surface area (Å²) in [6.45, 7) is 0. The van der Waals surface area contributed by atoms with Crippen molar-refractivity contribution in [3.05, 3.63) is 24.0 Å². The lowest BCUT2D eigenvalue weighted by Gasteiger charge is -1.90. The molecule has 3 nitrogen and oxygen atoms in total. The fraction of sp³-hybridized carbons (Fsp3) is 0.125. The van der Waals surface area contributed by atoms with Gasteiger partial charge in [-0.3, -0.25) is 4.68 Å². The number of benzene rings is 1. The largest absolute Gasteiger partial charge is 0.383 e. The van der Waals surface area contributed by atoms with Crippen LogP contribution in [0.2, 0.25) is 0 Å². The van der Waals surface area contributed by atoms with Crippen LogP contribution in [0.25, 0.3) is 10.9 Å². The highest BCUT2D eigenvalue weighted by Gasteiger charge is 2.07. The number of aromatic nitrogens is 2. The lowest BCUT2D eigenvalue weighted by atomic mass is 10.2. The highest BCUT2D eigenvalue weighted by molar-refractivity contribution is 5.89. The number of nitrogen functional groups attached to an aromatic ring is 1. The molecule has 0 atom stereocenters. The van der Waals surface area contributed by atoms with E-state index in [-0.39, 0.29) is 5.82 Å². The van der Waals surface area contributed by atoms with E-state index in [4.69, 9.17) is 5.73 Å². The number of hydrogen-bond acceptors (Lipinski definition) is 2. The van der Waals surface area contributed by atoms with Gasteiger partial charge >= 0.3 is 0 Å². The molecule has 0 aliphatic rings. The van der Waals surface area contributed by atoms with Gasteiger partial charge in [-0.2, -0.15) is 5.10 Å². The first-order chi connectivity index (χ1) is 5.70. The molecule has 0 fully saturated rings. The maximum Gasteiger partial charge on any atom is 0.151 e. The average Bonchev–Trinajstić information content (AvgIpc) is 2.32. The SMILES string of the molecule is Cn1nc2c(F)cccc2c1N. The van der Waals surface area contributed by atoms with E-state index in [0.29, 0.717) is 16.7 Å². The van der Waals surface area contributed by atoms with E-state index < -0.39 is 0 Å². The van der Waals surface area contributed by atoms with Gasteiger partial charge in [-0.1, -0.05) is 6.07 Å². The van der Waals surface area contributed by atoms with Gasteiger partial charge in [0.2, 0.25) is 0 Å². The number of nitrogens with two attached hydrogens (primary N) is 1. The normalized spacial score (nSPS) is 10.8. The van der Waals surface area contributed by atoms with Crippen molar-refractivity contribution in [3.63, 3.8) is 0 Å². The van der Waals surface area contributed by atoms with Gasteiger partial charge < -0.3 is 5.73 Å². The summed E-state index contributed by atoms with van der Waals surface area (Å²) >= 11 is 0. The van der Waals surface area contributed by atoms with Crippen molar-refractivity contribution in [3.8, 4) is 0 Å². The van der Waals surface area contributed by atoms with Gasteiger partial charge in [-0.15, -0.1) is 0 Å². The summed E-state index contributed by atoms with van der Waals surface area (Å²) in [6.07, 6.45) is 0. The molecule has 0 amide bonds. The lowest BCUT2D eigenvalue weighted by Crippen LogP contribution is -1.96. The van der Waals surface area contributed by atoms with E-state index in [1.165, 1.54) is 10.7 Å². The van der Waals surface area contributed by atoms with E-state index in [9.17, 15) is 4.39 Å². The Morgan fingerprint density at radius 1 is 1.50 bits per heavy atom. The molecule has 1 aromatic carbocycles.